The molecule has 0 atom stereocenters. The summed E-state index contributed by atoms with van der Waals surface area (Å²) in [7, 11) is 0. The van der Waals surface area contributed by atoms with Crippen LogP contribution in [-0.4, -0.2) is 46.7 Å². The van der Waals surface area contributed by atoms with E-state index in [0.717, 1.165) is 22.8 Å². The van der Waals surface area contributed by atoms with Crippen molar-refractivity contribution in [2.45, 2.75) is 26.8 Å². The Morgan fingerprint density at radius 1 is 1.25 bits per heavy atom. The van der Waals surface area contributed by atoms with E-state index in [9.17, 15) is 4.79 Å². The standard InChI is InChI=1S/C20H23N3O2S2.ClH/c1-14-10-17(15(2)23(14)12-16-4-3-9-26-16)18-13-27-19(21-18)11-20(24)22-5-7-25-8-6-22;/h3-4,9-10,13H,5-8,11-12H2,1-2H3;1H. The molecule has 0 aliphatic carbocycles. The number of hydrogen-bond acceptors (Lipinski definition) is 5. The number of carbonyl (C=O) groups is 1. The highest BCUT2D eigenvalue weighted by atomic mass is 35.5. The first kappa shape index (κ1) is 21.0. The van der Waals surface area contributed by atoms with E-state index in [-0.39, 0.29) is 18.3 Å². The first-order chi connectivity index (χ1) is 13.1. The molecule has 8 heteroatoms. The van der Waals surface area contributed by atoms with Gasteiger partial charge in [-0.05, 0) is 31.4 Å². The van der Waals surface area contributed by atoms with Gasteiger partial charge in [-0.2, -0.15) is 0 Å². The molecule has 4 heterocycles. The Hall–Kier alpha value is -1.67. The van der Waals surface area contributed by atoms with Crippen LogP contribution in [0.4, 0.5) is 0 Å². The predicted octanol–water partition coefficient (Wildman–Crippen LogP) is 4.16. The third kappa shape index (κ3) is 4.49. The molecule has 3 aromatic heterocycles. The van der Waals surface area contributed by atoms with E-state index in [4.69, 9.17) is 9.72 Å². The number of hydrogen-bond donors (Lipinski definition) is 0. The molecule has 5 nitrogen and oxygen atoms in total. The van der Waals surface area contributed by atoms with Crippen LogP contribution in [0.3, 0.4) is 0 Å². The number of thiophene rings is 1. The first-order valence-electron chi connectivity index (χ1n) is 9.11. The molecular weight excluding hydrogens is 414 g/mol. The maximum Gasteiger partial charge on any atom is 0.229 e. The molecule has 1 amide bonds. The van der Waals surface area contributed by atoms with Crippen LogP contribution in [0.2, 0.25) is 0 Å². The summed E-state index contributed by atoms with van der Waals surface area (Å²) in [4.78, 5) is 20.4. The van der Waals surface area contributed by atoms with Crippen LogP contribution >= 0.6 is 35.1 Å². The maximum atomic E-state index is 12.5. The fourth-order valence-electron chi connectivity index (χ4n) is 3.43. The Balaban J connectivity index is 0.00000225. The van der Waals surface area contributed by atoms with Crippen LogP contribution in [0.25, 0.3) is 11.3 Å². The summed E-state index contributed by atoms with van der Waals surface area (Å²) in [6.45, 7) is 7.80. The number of aryl methyl sites for hydroxylation is 1. The third-order valence-electron chi connectivity index (χ3n) is 4.96. The zero-order valence-corrected chi connectivity index (χ0v) is 18.5. The number of ether oxygens (including phenoxy) is 1. The van der Waals surface area contributed by atoms with Gasteiger partial charge in [0.15, 0.2) is 0 Å². The minimum atomic E-state index is 0. The normalized spacial score (nSPS) is 14.1. The number of nitrogens with zero attached hydrogens (tertiary/aromatic N) is 3. The van der Waals surface area contributed by atoms with Gasteiger partial charge in [0.05, 0.1) is 31.9 Å². The maximum absolute atomic E-state index is 12.5. The van der Waals surface area contributed by atoms with Gasteiger partial charge in [-0.1, -0.05) is 6.07 Å². The topological polar surface area (TPSA) is 47.4 Å². The van der Waals surface area contributed by atoms with Gasteiger partial charge in [-0.3, -0.25) is 4.79 Å². The van der Waals surface area contributed by atoms with Gasteiger partial charge in [0.2, 0.25) is 5.91 Å². The summed E-state index contributed by atoms with van der Waals surface area (Å²) < 4.78 is 7.65. The molecule has 0 radical (unpaired) electrons. The highest BCUT2D eigenvalue weighted by Crippen LogP contribution is 2.29. The van der Waals surface area contributed by atoms with Crippen molar-refractivity contribution in [1.82, 2.24) is 14.5 Å². The minimum Gasteiger partial charge on any atom is -0.378 e. The number of carbonyl (C=O) groups excluding carboxylic acids is 1. The summed E-state index contributed by atoms with van der Waals surface area (Å²) in [5, 5.41) is 5.06. The molecule has 0 aromatic carbocycles. The van der Waals surface area contributed by atoms with Gasteiger partial charge in [0.25, 0.3) is 0 Å². The lowest BCUT2D eigenvalue weighted by Gasteiger charge is -2.26. The van der Waals surface area contributed by atoms with Crippen molar-refractivity contribution in [2.75, 3.05) is 26.3 Å². The lowest BCUT2D eigenvalue weighted by molar-refractivity contribution is -0.134. The summed E-state index contributed by atoms with van der Waals surface area (Å²) >= 11 is 3.35. The van der Waals surface area contributed by atoms with E-state index in [1.54, 1.807) is 22.7 Å². The van der Waals surface area contributed by atoms with Gasteiger partial charge < -0.3 is 14.2 Å². The smallest absolute Gasteiger partial charge is 0.229 e. The third-order valence-corrected chi connectivity index (χ3v) is 6.67. The van der Waals surface area contributed by atoms with Crippen LogP contribution in [0.1, 0.15) is 21.3 Å². The number of halogens is 1. The molecular formula is C20H24ClN3O2S2. The number of morpholine rings is 1. The van der Waals surface area contributed by atoms with Crippen LogP contribution in [0, 0.1) is 13.8 Å². The molecule has 0 N–H and O–H groups in total. The van der Waals surface area contributed by atoms with Crippen LogP contribution in [0.5, 0.6) is 0 Å². The Labute approximate surface area is 179 Å². The SMILES string of the molecule is Cc1cc(-c2csc(CC(=O)N3CCOCC3)n2)c(C)n1Cc1cccs1.Cl. The van der Waals surface area contributed by atoms with Crippen molar-refractivity contribution in [3.05, 3.63) is 50.2 Å². The molecule has 28 heavy (non-hydrogen) atoms. The van der Waals surface area contributed by atoms with Gasteiger partial charge in [-0.15, -0.1) is 35.1 Å². The van der Waals surface area contributed by atoms with Crippen LogP contribution in [-0.2, 0) is 22.5 Å². The molecule has 4 rings (SSSR count). The average Bonchev–Trinajstić information content (AvgIpc) is 3.41. The quantitative estimate of drug-likeness (QED) is 0.602. The second-order valence-electron chi connectivity index (χ2n) is 6.75. The fraction of sp³-hybridized carbons (Fsp3) is 0.400. The number of thiazole rings is 1. The van der Waals surface area contributed by atoms with Crippen molar-refractivity contribution in [1.29, 1.82) is 0 Å². The van der Waals surface area contributed by atoms with Crippen molar-refractivity contribution in [3.8, 4) is 11.3 Å². The summed E-state index contributed by atoms with van der Waals surface area (Å²) in [6, 6.07) is 6.46. The highest BCUT2D eigenvalue weighted by molar-refractivity contribution is 7.10. The zero-order chi connectivity index (χ0) is 18.8. The average molecular weight is 438 g/mol. The molecule has 150 valence electrons. The Kier molecular flexibility index (Phi) is 6.93. The van der Waals surface area contributed by atoms with Crippen LogP contribution < -0.4 is 0 Å². The Morgan fingerprint density at radius 3 is 2.75 bits per heavy atom. The number of aromatic nitrogens is 2. The van der Waals surface area contributed by atoms with E-state index in [1.807, 2.05) is 4.90 Å². The van der Waals surface area contributed by atoms with E-state index in [0.29, 0.717) is 32.7 Å². The van der Waals surface area contributed by atoms with Gasteiger partial charge in [-0.25, -0.2) is 4.98 Å². The van der Waals surface area contributed by atoms with Gasteiger partial charge in [0.1, 0.15) is 5.01 Å². The molecule has 3 aromatic rings. The second-order valence-corrected chi connectivity index (χ2v) is 8.72. The predicted molar refractivity (Wildman–Crippen MR) is 117 cm³/mol. The molecule has 1 saturated heterocycles. The Bertz CT molecular complexity index is 928. The van der Waals surface area contributed by atoms with Crippen LogP contribution in [0.15, 0.2) is 29.0 Å². The van der Waals surface area contributed by atoms with Crippen molar-refractivity contribution in [2.24, 2.45) is 0 Å². The summed E-state index contributed by atoms with van der Waals surface area (Å²) in [6.07, 6.45) is 0.374. The highest BCUT2D eigenvalue weighted by Gasteiger charge is 2.19. The Morgan fingerprint density at radius 2 is 2.04 bits per heavy atom. The number of amides is 1. The monoisotopic (exact) mass is 437 g/mol. The molecule has 0 spiro atoms. The van der Waals surface area contributed by atoms with E-state index in [2.05, 4.69) is 47.4 Å². The lowest BCUT2D eigenvalue weighted by atomic mass is 10.2. The first-order valence-corrected chi connectivity index (χ1v) is 10.9. The second kappa shape index (κ2) is 9.22. The molecule has 1 aliphatic heterocycles. The molecule has 1 aliphatic rings. The van der Waals surface area contributed by atoms with Gasteiger partial charge in [0, 0.05) is 40.3 Å². The van der Waals surface area contributed by atoms with Crippen molar-refractivity contribution in [3.63, 3.8) is 0 Å². The number of rotatable bonds is 5. The lowest BCUT2D eigenvalue weighted by Crippen LogP contribution is -2.41. The summed E-state index contributed by atoms with van der Waals surface area (Å²) in [5.74, 6) is 0.141. The van der Waals surface area contributed by atoms with E-state index >= 15 is 0 Å². The summed E-state index contributed by atoms with van der Waals surface area (Å²) in [5.41, 5.74) is 4.58. The minimum absolute atomic E-state index is 0. The molecule has 0 unspecified atom stereocenters. The van der Waals surface area contributed by atoms with Crippen molar-refractivity contribution < 1.29 is 9.53 Å². The largest absolute Gasteiger partial charge is 0.378 e. The zero-order valence-electron chi connectivity index (χ0n) is 16.0. The fourth-order valence-corrected chi connectivity index (χ4v) is 4.91. The molecule has 0 saturated carbocycles. The van der Waals surface area contributed by atoms with Gasteiger partial charge >= 0.3 is 0 Å². The molecule has 1 fully saturated rings. The van der Waals surface area contributed by atoms with E-state index in [1.165, 1.54) is 16.3 Å². The van der Waals surface area contributed by atoms with Crippen molar-refractivity contribution >= 4 is 41.0 Å². The molecule has 0 bridgehead atoms. The van der Waals surface area contributed by atoms with E-state index < -0.39 is 0 Å².